The largest absolute Gasteiger partial charge is 0.504 e. The average Bonchev–Trinajstić information content (AvgIpc) is 3.16. The zero-order chi connectivity index (χ0) is 18.4. The Morgan fingerprint density at radius 1 is 1.08 bits per heavy atom. The lowest BCUT2D eigenvalue weighted by Crippen LogP contribution is -2.31. The summed E-state index contributed by atoms with van der Waals surface area (Å²) in [4.78, 5) is 2.36. The Labute approximate surface area is 155 Å². The molecule has 0 aromatic heterocycles. The van der Waals surface area contributed by atoms with E-state index in [1.165, 1.54) is 0 Å². The van der Waals surface area contributed by atoms with Crippen molar-refractivity contribution in [2.24, 2.45) is 0 Å². The molecule has 140 valence electrons. The SMILES string of the molecule is COc1cc(CN(Cc2ccccc2OC)C[C@H]2CCCO2)ccc1O. The van der Waals surface area contributed by atoms with Crippen LogP contribution in [0, 0.1) is 0 Å². The molecule has 1 aliphatic rings. The number of hydrogen-bond donors (Lipinski definition) is 1. The van der Waals surface area contributed by atoms with Gasteiger partial charge in [0.15, 0.2) is 11.5 Å². The van der Waals surface area contributed by atoms with Crippen molar-refractivity contribution in [3.63, 3.8) is 0 Å². The molecular formula is C21H27NO4. The minimum atomic E-state index is 0.159. The monoisotopic (exact) mass is 357 g/mol. The molecule has 0 unspecified atom stereocenters. The number of ether oxygens (including phenoxy) is 3. The smallest absolute Gasteiger partial charge is 0.160 e. The fourth-order valence-electron chi connectivity index (χ4n) is 3.41. The maximum atomic E-state index is 9.83. The van der Waals surface area contributed by atoms with Crippen LogP contribution in [0.2, 0.25) is 0 Å². The van der Waals surface area contributed by atoms with Gasteiger partial charge in [-0.3, -0.25) is 4.90 Å². The number of para-hydroxylation sites is 1. The van der Waals surface area contributed by atoms with E-state index in [2.05, 4.69) is 11.0 Å². The molecule has 3 rings (SSSR count). The van der Waals surface area contributed by atoms with Crippen molar-refractivity contribution in [2.75, 3.05) is 27.4 Å². The maximum Gasteiger partial charge on any atom is 0.160 e. The van der Waals surface area contributed by atoms with Crippen molar-refractivity contribution in [1.82, 2.24) is 4.90 Å². The Kier molecular flexibility index (Phi) is 6.36. The van der Waals surface area contributed by atoms with E-state index in [0.29, 0.717) is 5.75 Å². The van der Waals surface area contributed by atoms with E-state index in [4.69, 9.17) is 14.2 Å². The van der Waals surface area contributed by atoms with Gasteiger partial charge < -0.3 is 19.3 Å². The van der Waals surface area contributed by atoms with Crippen molar-refractivity contribution in [1.29, 1.82) is 0 Å². The van der Waals surface area contributed by atoms with Crippen molar-refractivity contribution >= 4 is 0 Å². The van der Waals surface area contributed by atoms with Crippen molar-refractivity contribution < 1.29 is 19.3 Å². The molecule has 2 aromatic carbocycles. The molecule has 0 aliphatic carbocycles. The molecule has 1 atom stereocenters. The summed E-state index contributed by atoms with van der Waals surface area (Å²) in [5, 5.41) is 9.83. The second-order valence-corrected chi connectivity index (χ2v) is 6.62. The van der Waals surface area contributed by atoms with E-state index in [1.807, 2.05) is 30.3 Å². The Morgan fingerprint density at radius 2 is 1.88 bits per heavy atom. The van der Waals surface area contributed by atoms with Crippen LogP contribution < -0.4 is 9.47 Å². The van der Waals surface area contributed by atoms with Crippen molar-refractivity contribution in [3.05, 3.63) is 53.6 Å². The Hall–Kier alpha value is -2.24. The third-order valence-corrected chi connectivity index (χ3v) is 4.72. The highest BCUT2D eigenvalue weighted by molar-refractivity contribution is 5.41. The Bertz CT molecular complexity index is 713. The minimum Gasteiger partial charge on any atom is -0.504 e. The minimum absolute atomic E-state index is 0.159. The highest BCUT2D eigenvalue weighted by Crippen LogP contribution is 2.28. The number of methoxy groups -OCH3 is 2. The van der Waals surface area contributed by atoms with E-state index in [1.54, 1.807) is 20.3 Å². The van der Waals surface area contributed by atoms with Gasteiger partial charge in [-0.15, -0.1) is 0 Å². The van der Waals surface area contributed by atoms with Crippen LogP contribution >= 0.6 is 0 Å². The first-order valence-electron chi connectivity index (χ1n) is 9.01. The molecule has 1 aliphatic heterocycles. The molecule has 1 saturated heterocycles. The summed E-state index contributed by atoms with van der Waals surface area (Å²) >= 11 is 0. The number of phenolic OH excluding ortho intramolecular Hbond substituents is 1. The zero-order valence-corrected chi connectivity index (χ0v) is 15.5. The van der Waals surface area contributed by atoms with Gasteiger partial charge in [-0.2, -0.15) is 0 Å². The molecule has 0 spiro atoms. The first kappa shape index (κ1) is 18.5. The predicted octanol–water partition coefficient (Wildman–Crippen LogP) is 3.59. The summed E-state index contributed by atoms with van der Waals surface area (Å²) in [5.41, 5.74) is 2.24. The Balaban J connectivity index is 1.78. The van der Waals surface area contributed by atoms with Gasteiger partial charge in [0.1, 0.15) is 5.75 Å². The number of rotatable bonds is 8. The predicted molar refractivity (Wildman–Crippen MR) is 101 cm³/mol. The lowest BCUT2D eigenvalue weighted by molar-refractivity contribution is 0.0676. The number of hydrogen-bond acceptors (Lipinski definition) is 5. The summed E-state index contributed by atoms with van der Waals surface area (Å²) in [5.74, 6) is 1.55. The van der Waals surface area contributed by atoms with Crippen LogP contribution in [0.3, 0.4) is 0 Å². The summed E-state index contributed by atoms with van der Waals surface area (Å²) in [7, 11) is 3.27. The highest BCUT2D eigenvalue weighted by atomic mass is 16.5. The molecule has 5 heteroatoms. The lowest BCUT2D eigenvalue weighted by Gasteiger charge is -2.26. The first-order valence-corrected chi connectivity index (χ1v) is 9.01. The molecule has 2 aromatic rings. The fraction of sp³-hybridized carbons (Fsp3) is 0.429. The fourth-order valence-corrected chi connectivity index (χ4v) is 3.41. The van der Waals surface area contributed by atoms with Gasteiger partial charge in [0, 0.05) is 31.8 Å². The number of benzene rings is 2. The van der Waals surface area contributed by atoms with Crippen LogP contribution in [0.4, 0.5) is 0 Å². The third kappa shape index (κ3) is 4.68. The molecule has 1 N–H and O–H groups in total. The average molecular weight is 357 g/mol. The molecule has 0 amide bonds. The summed E-state index contributed by atoms with van der Waals surface area (Å²) in [6.45, 7) is 3.23. The van der Waals surface area contributed by atoms with Crippen LogP contribution in [-0.2, 0) is 17.8 Å². The van der Waals surface area contributed by atoms with Gasteiger partial charge in [0.05, 0.1) is 20.3 Å². The van der Waals surface area contributed by atoms with Gasteiger partial charge >= 0.3 is 0 Å². The maximum absolute atomic E-state index is 9.83. The molecule has 0 saturated carbocycles. The topological polar surface area (TPSA) is 51.2 Å². The van der Waals surface area contributed by atoms with E-state index >= 15 is 0 Å². The van der Waals surface area contributed by atoms with Gasteiger partial charge in [0.2, 0.25) is 0 Å². The van der Waals surface area contributed by atoms with Gasteiger partial charge in [-0.05, 0) is 36.6 Å². The molecule has 5 nitrogen and oxygen atoms in total. The molecule has 0 radical (unpaired) electrons. The number of nitrogens with zero attached hydrogens (tertiary/aromatic N) is 1. The summed E-state index contributed by atoms with van der Waals surface area (Å²) in [6.07, 6.45) is 2.49. The molecule has 1 heterocycles. The molecule has 26 heavy (non-hydrogen) atoms. The van der Waals surface area contributed by atoms with Gasteiger partial charge in [-0.25, -0.2) is 0 Å². The normalized spacial score (nSPS) is 16.8. The number of aromatic hydroxyl groups is 1. The van der Waals surface area contributed by atoms with E-state index in [0.717, 1.165) is 56.0 Å². The van der Waals surface area contributed by atoms with Crippen LogP contribution in [0.1, 0.15) is 24.0 Å². The first-order chi connectivity index (χ1) is 12.7. The summed E-state index contributed by atoms with van der Waals surface area (Å²) in [6, 6.07) is 13.6. The van der Waals surface area contributed by atoms with Crippen LogP contribution in [0.5, 0.6) is 17.2 Å². The van der Waals surface area contributed by atoms with Crippen LogP contribution in [0.25, 0.3) is 0 Å². The molecule has 0 bridgehead atoms. The van der Waals surface area contributed by atoms with Gasteiger partial charge in [0.25, 0.3) is 0 Å². The lowest BCUT2D eigenvalue weighted by atomic mass is 10.1. The highest BCUT2D eigenvalue weighted by Gasteiger charge is 2.20. The van der Waals surface area contributed by atoms with Crippen LogP contribution in [0.15, 0.2) is 42.5 Å². The van der Waals surface area contributed by atoms with Crippen LogP contribution in [-0.4, -0.2) is 43.5 Å². The zero-order valence-electron chi connectivity index (χ0n) is 15.5. The van der Waals surface area contributed by atoms with E-state index in [9.17, 15) is 5.11 Å². The van der Waals surface area contributed by atoms with Gasteiger partial charge in [-0.1, -0.05) is 24.3 Å². The van der Waals surface area contributed by atoms with E-state index in [-0.39, 0.29) is 11.9 Å². The van der Waals surface area contributed by atoms with Crippen molar-refractivity contribution in [3.8, 4) is 17.2 Å². The second kappa shape index (κ2) is 8.92. The summed E-state index contributed by atoms with van der Waals surface area (Å²) < 4.78 is 16.6. The Morgan fingerprint density at radius 3 is 2.62 bits per heavy atom. The quantitative estimate of drug-likeness (QED) is 0.782. The number of phenols is 1. The standard InChI is InChI=1S/C21H27NO4/c1-24-20-8-4-3-6-17(20)14-22(15-18-7-5-11-26-18)13-16-9-10-19(23)21(12-16)25-2/h3-4,6,8-10,12,18,23H,5,7,11,13-15H2,1-2H3/t18-/m1/s1. The van der Waals surface area contributed by atoms with E-state index < -0.39 is 0 Å². The molecular weight excluding hydrogens is 330 g/mol. The second-order valence-electron chi connectivity index (χ2n) is 6.62. The van der Waals surface area contributed by atoms with Crippen molar-refractivity contribution in [2.45, 2.75) is 32.0 Å². The molecule has 1 fully saturated rings. The third-order valence-electron chi connectivity index (χ3n) is 4.72.